The smallest absolute Gasteiger partial charge is 0.218 e. The molecule has 2 aromatic rings. The molecule has 1 atom stereocenters. The van der Waals surface area contributed by atoms with E-state index in [9.17, 15) is 0 Å². The first-order valence-corrected chi connectivity index (χ1v) is 8.04. The largest absolute Gasteiger partial charge is 0.296 e. The van der Waals surface area contributed by atoms with Gasteiger partial charge in [-0.15, -0.1) is 11.6 Å². The highest BCUT2D eigenvalue weighted by atomic mass is 35.5. The molecule has 0 aliphatic carbocycles. The summed E-state index contributed by atoms with van der Waals surface area (Å²) in [6.45, 7) is 2.20. The van der Waals surface area contributed by atoms with E-state index in [1.165, 1.54) is 23.1 Å². The van der Waals surface area contributed by atoms with E-state index in [-0.39, 0.29) is 6.04 Å². The maximum atomic E-state index is 5.94. The van der Waals surface area contributed by atoms with Gasteiger partial charge < -0.3 is 0 Å². The third-order valence-corrected chi connectivity index (χ3v) is 3.59. The van der Waals surface area contributed by atoms with Crippen molar-refractivity contribution >= 4 is 18.0 Å². The van der Waals surface area contributed by atoms with Gasteiger partial charge in [0.25, 0.3) is 0 Å². The molecule has 5 heteroatoms. The minimum atomic E-state index is -0.0792. The first kappa shape index (κ1) is 17.5. The summed E-state index contributed by atoms with van der Waals surface area (Å²) in [5.74, 6) is 0.398. The van der Waals surface area contributed by atoms with E-state index in [0.717, 1.165) is 6.42 Å². The summed E-state index contributed by atoms with van der Waals surface area (Å²) in [5.41, 5.74) is 3.55. The van der Waals surface area contributed by atoms with Crippen molar-refractivity contribution in [1.29, 1.82) is 0 Å². The van der Waals surface area contributed by atoms with E-state index < -0.39 is 0 Å². The van der Waals surface area contributed by atoms with Gasteiger partial charge in [0, 0.05) is 5.88 Å². The monoisotopic (exact) mass is 333 g/mol. The molecule has 2 rings (SSSR count). The summed E-state index contributed by atoms with van der Waals surface area (Å²) in [6, 6.07) is 18.6. The third kappa shape index (κ3) is 6.02. The lowest BCUT2D eigenvalue weighted by Crippen LogP contribution is -2.11. The molecule has 122 valence electrons. The summed E-state index contributed by atoms with van der Waals surface area (Å²) < 4.78 is 0. The molecule has 0 radical (unpaired) electrons. The Morgan fingerprint density at radius 2 is 1.74 bits per heavy atom. The van der Waals surface area contributed by atoms with Gasteiger partial charge in [-0.25, -0.2) is 0 Å². The number of aliphatic imine (C=N–C) groups is 1. The normalized spacial score (nSPS) is 12.4. The Bertz CT molecular complexity index is 587. The Morgan fingerprint density at radius 3 is 2.39 bits per heavy atom. The number of hydrogen-bond donors (Lipinski definition) is 0. The molecule has 0 unspecified atom stereocenters. The molecule has 0 heterocycles. The second-order valence-corrected chi connectivity index (χ2v) is 5.21. The average molecular weight is 334 g/mol. The molecular weight excluding hydrogens is 314 g/mol. The van der Waals surface area contributed by atoms with Crippen LogP contribution in [-0.2, 0) is 21.2 Å². The minimum Gasteiger partial charge on any atom is -0.296 e. The standard InChI is InChI=1S/C18H20ClNO3/c1-2-21-23-22-14-20-18(13-19)12-15-8-10-17(11-9-15)16-6-4-3-5-7-16/h3-11,14,18H,2,12-13H2,1H3/t18-/m1/s1. The number of hydrogen-bond acceptors (Lipinski definition) is 4. The number of nitrogens with zero attached hydrogens (tertiary/aromatic N) is 1. The first-order chi connectivity index (χ1) is 11.3. The average Bonchev–Trinajstić information content (AvgIpc) is 2.62. The zero-order valence-electron chi connectivity index (χ0n) is 13.0. The molecule has 0 N–H and O–H groups in total. The van der Waals surface area contributed by atoms with Crippen molar-refractivity contribution in [3.63, 3.8) is 0 Å². The van der Waals surface area contributed by atoms with Gasteiger partial charge in [0.2, 0.25) is 6.40 Å². The fourth-order valence-electron chi connectivity index (χ4n) is 2.09. The molecule has 0 amide bonds. The van der Waals surface area contributed by atoms with Gasteiger partial charge in [0.15, 0.2) is 0 Å². The maximum absolute atomic E-state index is 5.94. The predicted molar refractivity (Wildman–Crippen MR) is 92.4 cm³/mol. The minimum absolute atomic E-state index is 0.0792. The van der Waals surface area contributed by atoms with E-state index in [0.29, 0.717) is 12.5 Å². The summed E-state index contributed by atoms with van der Waals surface area (Å²) in [5, 5.41) is 4.40. The number of alkyl halides is 1. The molecule has 0 aliphatic heterocycles. The lowest BCUT2D eigenvalue weighted by molar-refractivity contribution is -0.471. The van der Waals surface area contributed by atoms with Crippen molar-refractivity contribution in [2.45, 2.75) is 19.4 Å². The number of benzene rings is 2. The molecule has 0 aliphatic rings. The molecule has 0 saturated carbocycles. The van der Waals surface area contributed by atoms with E-state index in [2.05, 4.69) is 56.2 Å². The van der Waals surface area contributed by atoms with Crippen molar-refractivity contribution in [2.24, 2.45) is 4.99 Å². The van der Waals surface area contributed by atoms with Gasteiger partial charge in [-0.05, 0) is 35.1 Å². The molecule has 2 aromatic carbocycles. The van der Waals surface area contributed by atoms with Crippen LogP contribution in [0.3, 0.4) is 0 Å². The first-order valence-electron chi connectivity index (χ1n) is 7.50. The van der Waals surface area contributed by atoms with Gasteiger partial charge in [-0.1, -0.05) is 54.6 Å². The Labute approximate surface area is 141 Å². The van der Waals surface area contributed by atoms with E-state index in [4.69, 9.17) is 11.6 Å². The summed E-state index contributed by atoms with van der Waals surface area (Å²) in [6.07, 6.45) is 1.94. The van der Waals surface area contributed by atoms with Gasteiger partial charge in [-0.2, -0.15) is 4.89 Å². The maximum Gasteiger partial charge on any atom is 0.218 e. The van der Waals surface area contributed by atoms with Crippen molar-refractivity contribution in [1.82, 2.24) is 0 Å². The Morgan fingerprint density at radius 1 is 1.04 bits per heavy atom. The van der Waals surface area contributed by atoms with Crippen molar-refractivity contribution in [3.8, 4) is 11.1 Å². The van der Waals surface area contributed by atoms with Gasteiger partial charge in [0.1, 0.15) is 0 Å². The zero-order chi connectivity index (χ0) is 16.3. The molecule has 23 heavy (non-hydrogen) atoms. The van der Waals surface area contributed by atoms with Crippen molar-refractivity contribution < 1.29 is 14.8 Å². The van der Waals surface area contributed by atoms with E-state index >= 15 is 0 Å². The van der Waals surface area contributed by atoms with Crippen LogP contribution in [0.5, 0.6) is 0 Å². The molecule has 0 saturated heterocycles. The van der Waals surface area contributed by atoms with Crippen LogP contribution in [0.1, 0.15) is 12.5 Å². The lowest BCUT2D eigenvalue weighted by atomic mass is 10.0. The highest BCUT2D eigenvalue weighted by molar-refractivity contribution is 6.18. The lowest BCUT2D eigenvalue weighted by Gasteiger charge is -2.09. The van der Waals surface area contributed by atoms with Crippen LogP contribution in [-0.4, -0.2) is 24.9 Å². The second-order valence-electron chi connectivity index (χ2n) is 4.90. The molecule has 4 nitrogen and oxygen atoms in total. The fourth-order valence-corrected chi connectivity index (χ4v) is 2.28. The van der Waals surface area contributed by atoms with Crippen LogP contribution >= 0.6 is 11.6 Å². The molecule has 0 bridgehead atoms. The Hall–Kier alpha value is -1.88. The molecule has 0 fully saturated rings. The quantitative estimate of drug-likeness (QED) is 0.170. The van der Waals surface area contributed by atoms with Crippen LogP contribution in [0.2, 0.25) is 0 Å². The van der Waals surface area contributed by atoms with Crippen LogP contribution < -0.4 is 0 Å². The fraction of sp³-hybridized carbons (Fsp3) is 0.278. The van der Waals surface area contributed by atoms with Gasteiger partial charge >= 0.3 is 0 Å². The van der Waals surface area contributed by atoms with E-state index in [1.54, 1.807) is 6.92 Å². The molecule has 0 aromatic heterocycles. The van der Waals surface area contributed by atoms with E-state index in [1.807, 2.05) is 18.2 Å². The van der Waals surface area contributed by atoms with Gasteiger partial charge in [0.05, 0.1) is 12.6 Å². The Balaban J connectivity index is 1.91. The highest BCUT2D eigenvalue weighted by Gasteiger charge is 2.07. The Kier molecular flexibility index (Phi) is 7.60. The van der Waals surface area contributed by atoms with Gasteiger partial charge in [-0.3, -0.25) is 9.88 Å². The van der Waals surface area contributed by atoms with Crippen LogP contribution in [0, 0.1) is 0 Å². The van der Waals surface area contributed by atoms with Crippen molar-refractivity contribution in [3.05, 3.63) is 60.2 Å². The number of rotatable bonds is 9. The number of halogens is 1. The summed E-state index contributed by atoms with van der Waals surface area (Å²) in [7, 11) is 0. The SMILES string of the molecule is CCOOOC=N[C@@H](CCl)Cc1ccc(-c2ccccc2)cc1. The van der Waals surface area contributed by atoms with Crippen LogP contribution in [0.4, 0.5) is 0 Å². The molecular formula is C18H20ClNO3. The zero-order valence-corrected chi connectivity index (χ0v) is 13.8. The summed E-state index contributed by atoms with van der Waals surface area (Å²) in [4.78, 5) is 13.4. The second kappa shape index (κ2) is 10.0. The third-order valence-electron chi connectivity index (χ3n) is 3.23. The molecule has 0 spiro atoms. The predicted octanol–water partition coefficient (Wildman–Crippen LogP) is 4.43. The van der Waals surface area contributed by atoms with Crippen molar-refractivity contribution in [2.75, 3.05) is 12.5 Å². The highest BCUT2D eigenvalue weighted by Crippen LogP contribution is 2.20. The summed E-state index contributed by atoms with van der Waals surface area (Å²) >= 11 is 5.94. The topological polar surface area (TPSA) is 40.0 Å². The van der Waals surface area contributed by atoms with Crippen LogP contribution in [0.25, 0.3) is 11.1 Å². The van der Waals surface area contributed by atoms with Crippen LogP contribution in [0.15, 0.2) is 59.6 Å².